The lowest BCUT2D eigenvalue weighted by atomic mass is 9.91. The number of carbonyl (C=O) groups is 1. The number of nitrogens with two attached hydrogens (primary N) is 1. The number of hydrogen-bond donors (Lipinski definition) is 14. The first-order valence-electron chi connectivity index (χ1n) is 12.2. The van der Waals surface area contributed by atoms with Crippen molar-refractivity contribution in [3.05, 3.63) is 0 Å². The van der Waals surface area contributed by atoms with Crippen LogP contribution in [0, 0.1) is 0 Å². The highest BCUT2D eigenvalue weighted by molar-refractivity contribution is 5.76. The predicted molar refractivity (Wildman–Crippen MR) is 123 cm³/mol. The Labute approximate surface area is 226 Å². The van der Waals surface area contributed by atoms with Crippen molar-refractivity contribution in [2.24, 2.45) is 5.73 Å². The summed E-state index contributed by atoms with van der Waals surface area (Å²) in [7, 11) is 0. The van der Waals surface area contributed by atoms with Gasteiger partial charge in [-0.3, -0.25) is 0 Å². The molecule has 2 fully saturated rings. The SMILES string of the molecule is N[C@@H](CO)[C@@H](O)[C@H](O)[C@H](O)CO[C@]1(C(=O)O)C[C@@H](O[C@H]2O[C@H]([C@@H](O)CO)[C@@H](O)[C@H](O)[C@@H]2O)[C@@H](O)[C@@H]([C@H](O)CO)O1. The smallest absolute Gasteiger partial charge is 0.364 e. The zero-order valence-corrected chi connectivity index (χ0v) is 21.1. The van der Waals surface area contributed by atoms with Crippen molar-refractivity contribution in [3.8, 4) is 0 Å². The van der Waals surface area contributed by atoms with Gasteiger partial charge in [-0.05, 0) is 0 Å². The van der Waals surface area contributed by atoms with Crippen LogP contribution in [0.4, 0.5) is 0 Å². The lowest BCUT2D eigenvalue weighted by Gasteiger charge is -2.48. The fourth-order valence-electron chi connectivity index (χ4n) is 4.25. The van der Waals surface area contributed by atoms with E-state index >= 15 is 0 Å². The van der Waals surface area contributed by atoms with Gasteiger partial charge in [0.25, 0.3) is 5.79 Å². The Morgan fingerprint density at radius 2 is 1.43 bits per heavy atom. The van der Waals surface area contributed by atoms with Gasteiger partial charge in [-0.1, -0.05) is 0 Å². The van der Waals surface area contributed by atoms with Crippen molar-refractivity contribution < 1.29 is 90.1 Å². The van der Waals surface area contributed by atoms with Gasteiger partial charge in [0.15, 0.2) is 6.29 Å². The average Bonchev–Trinajstić information content (AvgIpc) is 2.94. The summed E-state index contributed by atoms with van der Waals surface area (Å²) in [4.78, 5) is 12.3. The highest BCUT2D eigenvalue weighted by Crippen LogP contribution is 2.36. The standard InChI is InChI=1S/C21H39NO18/c22-6(2-23)11(29)12(30)9(28)5-37-21(20(35)36)1-10(13(31)18(40-21)8(27)4-25)38-19-16(34)14(32)15(33)17(39-19)7(26)3-24/h6-19,23-34H,1-5,22H2,(H,35,36)/t6-,7-,8+,9+,10+,11+,12+,13+,14-,15-,16-,17+,18+,19-,21+/m0/s1. The summed E-state index contributed by atoms with van der Waals surface area (Å²) in [5, 5.41) is 129. The third kappa shape index (κ3) is 7.59. The summed E-state index contributed by atoms with van der Waals surface area (Å²) < 4.78 is 21.2. The Hall–Kier alpha value is -1.21. The van der Waals surface area contributed by atoms with Crippen LogP contribution in [0.25, 0.3) is 0 Å². The Kier molecular flexibility index (Phi) is 12.9. The molecular formula is C21H39NO18. The van der Waals surface area contributed by atoms with Gasteiger partial charge in [0.1, 0.15) is 61.0 Å². The predicted octanol–water partition coefficient (Wildman–Crippen LogP) is -8.76. The lowest BCUT2D eigenvalue weighted by molar-refractivity contribution is -0.366. The summed E-state index contributed by atoms with van der Waals surface area (Å²) in [6.45, 7) is -3.84. The van der Waals surface area contributed by atoms with Crippen molar-refractivity contribution in [1.29, 1.82) is 0 Å². The molecule has 0 unspecified atom stereocenters. The van der Waals surface area contributed by atoms with Crippen LogP contribution in [0.3, 0.4) is 0 Å². The van der Waals surface area contributed by atoms with Gasteiger partial charge in [0.2, 0.25) is 0 Å². The first-order chi connectivity index (χ1) is 18.6. The van der Waals surface area contributed by atoms with Crippen LogP contribution >= 0.6 is 0 Å². The Morgan fingerprint density at radius 1 is 0.850 bits per heavy atom. The molecule has 15 atom stereocenters. The van der Waals surface area contributed by atoms with Crippen LogP contribution in [0.5, 0.6) is 0 Å². The van der Waals surface area contributed by atoms with Crippen molar-refractivity contribution in [2.45, 2.75) is 97.8 Å². The van der Waals surface area contributed by atoms with E-state index in [1.54, 1.807) is 0 Å². The maximum atomic E-state index is 12.3. The second-order valence-corrected chi connectivity index (χ2v) is 9.66. The van der Waals surface area contributed by atoms with Gasteiger partial charge in [-0.25, -0.2) is 4.79 Å². The molecule has 2 heterocycles. The van der Waals surface area contributed by atoms with E-state index in [0.717, 1.165) is 0 Å². The van der Waals surface area contributed by atoms with E-state index in [2.05, 4.69) is 0 Å². The maximum absolute atomic E-state index is 12.3. The average molecular weight is 594 g/mol. The second kappa shape index (κ2) is 14.8. The number of rotatable bonds is 14. The van der Waals surface area contributed by atoms with Gasteiger partial charge in [-0.15, -0.1) is 0 Å². The molecule has 2 saturated heterocycles. The summed E-state index contributed by atoms with van der Waals surface area (Å²) in [5.74, 6) is -4.79. The highest BCUT2D eigenvalue weighted by Gasteiger charge is 2.57. The van der Waals surface area contributed by atoms with Gasteiger partial charge < -0.3 is 91.1 Å². The largest absolute Gasteiger partial charge is 0.477 e. The van der Waals surface area contributed by atoms with Crippen LogP contribution in [0.1, 0.15) is 6.42 Å². The molecule has 0 aliphatic carbocycles. The Bertz CT molecular complexity index is 795. The van der Waals surface area contributed by atoms with E-state index < -0.39 is 130 Å². The van der Waals surface area contributed by atoms with Gasteiger partial charge in [0, 0.05) is 6.42 Å². The first-order valence-corrected chi connectivity index (χ1v) is 12.2. The van der Waals surface area contributed by atoms with Crippen molar-refractivity contribution in [2.75, 3.05) is 26.4 Å². The van der Waals surface area contributed by atoms with Gasteiger partial charge in [-0.2, -0.15) is 0 Å². The van der Waals surface area contributed by atoms with Crippen molar-refractivity contribution >= 4 is 5.97 Å². The van der Waals surface area contributed by atoms with Gasteiger partial charge in [0.05, 0.1) is 44.7 Å². The molecule has 0 amide bonds. The molecular weight excluding hydrogens is 554 g/mol. The minimum atomic E-state index is -2.88. The summed E-state index contributed by atoms with van der Waals surface area (Å²) in [6, 6.07) is -1.38. The molecule has 0 aromatic rings. The maximum Gasteiger partial charge on any atom is 0.364 e. The van der Waals surface area contributed by atoms with E-state index in [0.29, 0.717) is 0 Å². The number of carboxylic acid groups (broad SMARTS) is 1. The Morgan fingerprint density at radius 3 is 1.95 bits per heavy atom. The fraction of sp³-hybridized carbons (Fsp3) is 0.952. The van der Waals surface area contributed by atoms with Crippen molar-refractivity contribution in [3.63, 3.8) is 0 Å². The normalized spacial score (nSPS) is 39.6. The van der Waals surface area contributed by atoms with Crippen LogP contribution in [0.15, 0.2) is 0 Å². The first kappa shape index (κ1) is 35.0. The second-order valence-electron chi connectivity index (χ2n) is 9.66. The molecule has 2 rings (SSSR count). The molecule has 19 nitrogen and oxygen atoms in total. The monoisotopic (exact) mass is 593 g/mol. The van der Waals surface area contributed by atoms with E-state index in [-0.39, 0.29) is 0 Å². The van der Waals surface area contributed by atoms with Crippen LogP contribution < -0.4 is 5.73 Å². The van der Waals surface area contributed by atoms with Crippen LogP contribution in [-0.4, -0.2) is 190 Å². The number of aliphatic hydroxyl groups excluding tert-OH is 12. The third-order valence-electron chi connectivity index (χ3n) is 6.77. The van der Waals surface area contributed by atoms with E-state index in [9.17, 15) is 66.1 Å². The number of aliphatic hydroxyl groups is 12. The molecule has 0 spiro atoms. The molecule has 15 N–H and O–H groups in total. The van der Waals surface area contributed by atoms with Crippen LogP contribution in [0.2, 0.25) is 0 Å². The molecule has 0 aromatic heterocycles. The number of hydrogen-bond acceptors (Lipinski definition) is 18. The minimum Gasteiger partial charge on any atom is -0.477 e. The highest BCUT2D eigenvalue weighted by atomic mass is 16.7. The zero-order chi connectivity index (χ0) is 30.5. The molecule has 236 valence electrons. The summed E-state index contributed by atoms with van der Waals surface area (Å²) in [6.07, 6.45) is -26.0. The van der Waals surface area contributed by atoms with E-state index in [1.807, 2.05) is 0 Å². The molecule has 2 aliphatic rings. The number of ether oxygens (including phenoxy) is 4. The lowest BCUT2D eigenvalue weighted by Crippen LogP contribution is -2.66. The molecule has 2 aliphatic heterocycles. The van der Waals surface area contributed by atoms with E-state index in [4.69, 9.17) is 29.8 Å². The molecule has 40 heavy (non-hydrogen) atoms. The van der Waals surface area contributed by atoms with Crippen molar-refractivity contribution in [1.82, 2.24) is 0 Å². The molecule has 0 bridgehead atoms. The van der Waals surface area contributed by atoms with Gasteiger partial charge >= 0.3 is 5.97 Å². The third-order valence-corrected chi connectivity index (χ3v) is 6.77. The molecule has 0 aromatic carbocycles. The zero-order valence-electron chi connectivity index (χ0n) is 21.1. The van der Waals surface area contributed by atoms with Crippen LogP contribution in [-0.2, 0) is 23.7 Å². The molecule has 19 heteroatoms. The number of aliphatic carboxylic acids is 1. The summed E-state index contributed by atoms with van der Waals surface area (Å²) in [5.41, 5.74) is 5.40. The quantitative estimate of drug-likeness (QED) is 0.0888. The fourth-order valence-corrected chi connectivity index (χ4v) is 4.25. The summed E-state index contributed by atoms with van der Waals surface area (Å²) >= 11 is 0. The topological polar surface area (TPSA) is 343 Å². The number of carboxylic acids is 1. The molecule has 0 radical (unpaired) electrons. The Balaban J connectivity index is 2.33. The minimum absolute atomic E-state index is 0.775. The van der Waals surface area contributed by atoms with E-state index in [1.165, 1.54) is 0 Å². The molecule has 0 saturated carbocycles.